The average molecular weight is 281 g/mol. The first-order valence-electron chi connectivity index (χ1n) is 5.78. The van der Waals surface area contributed by atoms with Crippen molar-refractivity contribution in [3.63, 3.8) is 0 Å². The molecule has 0 aliphatic rings. The van der Waals surface area contributed by atoms with Crippen LogP contribution in [0, 0.1) is 0 Å². The second-order valence-corrected chi connectivity index (χ2v) is 4.90. The molecule has 0 heterocycles. The van der Waals surface area contributed by atoms with Gasteiger partial charge >= 0.3 is 0 Å². The molecule has 0 aliphatic carbocycles. The van der Waals surface area contributed by atoms with Gasteiger partial charge in [0.05, 0.1) is 6.10 Å². The fraction of sp³-hybridized carbons (Fsp3) is 0.200. The third-order valence-electron chi connectivity index (χ3n) is 2.79. The van der Waals surface area contributed by atoms with Crippen LogP contribution in [0.3, 0.4) is 0 Å². The molecule has 94 valence electrons. The molecule has 1 nitrogen and oxygen atoms in total. The molecule has 0 unspecified atom stereocenters. The Morgan fingerprint density at radius 2 is 1.67 bits per heavy atom. The fourth-order valence-electron chi connectivity index (χ4n) is 1.84. The summed E-state index contributed by atoms with van der Waals surface area (Å²) in [6, 6.07) is 15.8. The minimum absolute atomic E-state index is 0.256. The van der Waals surface area contributed by atoms with Crippen LogP contribution in [0.15, 0.2) is 48.5 Å². The van der Waals surface area contributed by atoms with Gasteiger partial charge in [-0.25, -0.2) is 0 Å². The molecule has 2 aromatic carbocycles. The lowest BCUT2D eigenvalue weighted by Gasteiger charge is -2.08. The van der Waals surface area contributed by atoms with Crippen LogP contribution in [0.1, 0.15) is 5.56 Å². The van der Waals surface area contributed by atoms with Gasteiger partial charge in [-0.1, -0.05) is 54.1 Å². The molecule has 2 aromatic rings. The monoisotopic (exact) mass is 280 g/mol. The zero-order chi connectivity index (χ0) is 13.0. The molecule has 0 radical (unpaired) electrons. The van der Waals surface area contributed by atoms with Crippen molar-refractivity contribution in [1.82, 2.24) is 0 Å². The van der Waals surface area contributed by atoms with Gasteiger partial charge in [-0.05, 0) is 23.6 Å². The van der Waals surface area contributed by atoms with E-state index in [9.17, 15) is 5.11 Å². The largest absolute Gasteiger partial charge is 0.392 e. The van der Waals surface area contributed by atoms with Crippen LogP contribution < -0.4 is 0 Å². The van der Waals surface area contributed by atoms with E-state index in [2.05, 4.69) is 0 Å². The molecule has 0 amide bonds. The second kappa shape index (κ2) is 6.24. The predicted molar refractivity (Wildman–Crippen MR) is 77.3 cm³/mol. The van der Waals surface area contributed by atoms with Crippen molar-refractivity contribution in [2.75, 3.05) is 5.88 Å². The molecule has 0 aromatic heterocycles. The number of aliphatic hydroxyl groups is 1. The Balaban J connectivity index is 2.20. The van der Waals surface area contributed by atoms with Crippen LogP contribution in [0.5, 0.6) is 0 Å². The standard InChI is InChI=1S/C15H14Cl2O/c16-10-13(18)9-11-5-7-12(8-6-11)14-3-1-2-4-15(14)17/h1-8,13,18H,9-10H2/t13-/m0/s1. The van der Waals surface area contributed by atoms with Gasteiger partial charge < -0.3 is 5.11 Å². The van der Waals surface area contributed by atoms with Crippen molar-refractivity contribution in [3.8, 4) is 11.1 Å². The Bertz CT molecular complexity index is 508. The van der Waals surface area contributed by atoms with Crippen molar-refractivity contribution in [1.29, 1.82) is 0 Å². The molecule has 0 saturated carbocycles. The highest BCUT2D eigenvalue weighted by atomic mass is 35.5. The maximum Gasteiger partial charge on any atom is 0.0715 e. The number of alkyl halides is 1. The van der Waals surface area contributed by atoms with E-state index in [1.165, 1.54) is 0 Å². The lowest BCUT2D eigenvalue weighted by molar-refractivity contribution is 0.199. The quantitative estimate of drug-likeness (QED) is 0.835. The zero-order valence-electron chi connectivity index (χ0n) is 9.81. The lowest BCUT2D eigenvalue weighted by atomic mass is 10.0. The maximum absolute atomic E-state index is 9.49. The number of benzene rings is 2. The molecule has 0 saturated heterocycles. The van der Waals surface area contributed by atoms with Crippen molar-refractivity contribution < 1.29 is 5.11 Å². The molecule has 2 rings (SSSR count). The van der Waals surface area contributed by atoms with Crippen molar-refractivity contribution in [3.05, 3.63) is 59.1 Å². The van der Waals surface area contributed by atoms with E-state index in [4.69, 9.17) is 23.2 Å². The molecule has 0 spiro atoms. The summed E-state index contributed by atoms with van der Waals surface area (Å²) in [6.07, 6.45) is 0.0876. The third-order valence-corrected chi connectivity index (χ3v) is 3.47. The van der Waals surface area contributed by atoms with Gasteiger partial charge in [-0.3, -0.25) is 0 Å². The smallest absolute Gasteiger partial charge is 0.0715 e. The maximum atomic E-state index is 9.49. The Morgan fingerprint density at radius 3 is 2.28 bits per heavy atom. The first-order chi connectivity index (χ1) is 8.70. The Hall–Kier alpha value is -1.02. The van der Waals surface area contributed by atoms with Crippen molar-refractivity contribution in [2.24, 2.45) is 0 Å². The fourth-order valence-corrected chi connectivity index (χ4v) is 2.20. The molecule has 18 heavy (non-hydrogen) atoms. The van der Waals surface area contributed by atoms with Crippen LogP contribution in [-0.4, -0.2) is 17.1 Å². The molecule has 0 bridgehead atoms. The van der Waals surface area contributed by atoms with Crippen molar-refractivity contribution in [2.45, 2.75) is 12.5 Å². The molecule has 1 N–H and O–H groups in total. The first-order valence-corrected chi connectivity index (χ1v) is 6.70. The van der Waals surface area contributed by atoms with Gasteiger partial charge in [0.1, 0.15) is 0 Å². The Kier molecular flexibility index (Phi) is 4.65. The topological polar surface area (TPSA) is 20.2 Å². The Morgan fingerprint density at radius 1 is 1.00 bits per heavy atom. The highest BCUT2D eigenvalue weighted by Crippen LogP contribution is 2.27. The summed E-state index contributed by atoms with van der Waals surface area (Å²) in [5.41, 5.74) is 3.16. The molecule has 3 heteroatoms. The molecular formula is C15H14Cl2O. The van der Waals surface area contributed by atoms with E-state index in [0.29, 0.717) is 6.42 Å². The summed E-state index contributed by atoms with van der Waals surface area (Å²) in [5, 5.41) is 10.2. The second-order valence-electron chi connectivity index (χ2n) is 4.19. The Labute approximate surface area is 117 Å². The third kappa shape index (κ3) is 3.26. The summed E-state index contributed by atoms with van der Waals surface area (Å²) < 4.78 is 0. The van der Waals surface area contributed by atoms with Gasteiger partial charge in [-0.15, -0.1) is 11.6 Å². The summed E-state index contributed by atoms with van der Waals surface area (Å²) in [4.78, 5) is 0. The molecule has 0 fully saturated rings. The van der Waals surface area contributed by atoms with E-state index < -0.39 is 6.10 Å². The number of halogens is 2. The lowest BCUT2D eigenvalue weighted by Crippen LogP contribution is -2.11. The molecule has 1 atom stereocenters. The van der Waals surface area contributed by atoms with E-state index in [-0.39, 0.29) is 5.88 Å². The number of hydrogen-bond donors (Lipinski definition) is 1. The van der Waals surface area contributed by atoms with E-state index in [0.717, 1.165) is 21.7 Å². The summed E-state index contributed by atoms with van der Waals surface area (Å²) >= 11 is 11.7. The van der Waals surface area contributed by atoms with E-state index in [1.807, 2.05) is 48.5 Å². The number of rotatable bonds is 4. The average Bonchev–Trinajstić information content (AvgIpc) is 2.40. The van der Waals surface area contributed by atoms with Crippen LogP contribution in [0.2, 0.25) is 5.02 Å². The summed E-state index contributed by atoms with van der Waals surface area (Å²) in [7, 11) is 0. The normalized spacial score (nSPS) is 12.4. The molecular weight excluding hydrogens is 267 g/mol. The predicted octanol–water partition coefficient (Wildman–Crippen LogP) is 4.15. The number of hydrogen-bond acceptors (Lipinski definition) is 1. The van der Waals surface area contributed by atoms with E-state index in [1.54, 1.807) is 0 Å². The van der Waals surface area contributed by atoms with Crippen LogP contribution >= 0.6 is 23.2 Å². The summed E-state index contributed by atoms with van der Waals surface area (Å²) in [5.74, 6) is 0.256. The van der Waals surface area contributed by atoms with Crippen molar-refractivity contribution >= 4 is 23.2 Å². The van der Waals surface area contributed by atoms with Gasteiger partial charge in [-0.2, -0.15) is 0 Å². The van der Waals surface area contributed by atoms with E-state index >= 15 is 0 Å². The van der Waals surface area contributed by atoms with Crippen LogP contribution in [-0.2, 0) is 6.42 Å². The van der Waals surface area contributed by atoms with Gasteiger partial charge in [0.25, 0.3) is 0 Å². The first kappa shape index (κ1) is 13.4. The zero-order valence-corrected chi connectivity index (χ0v) is 11.3. The minimum atomic E-state index is -0.488. The van der Waals surface area contributed by atoms with Gasteiger partial charge in [0.15, 0.2) is 0 Å². The summed E-state index contributed by atoms with van der Waals surface area (Å²) in [6.45, 7) is 0. The minimum Gasteiger partial charge on any atom is -0.392 e. The SMILES string of the molecule is O[C@H](CCl)Cc1ccc(-c2ccccc2Cl)cc1. The van der Waals surface area contributed by atoms with Crippen LogP contribution in [0.4, 0.5) is 0 Å². The van der Waals surface area contributed by atoms with Gasteiger partial charge in [0, 0.05) is 16.5 Å². The highest BCUT2D eigenvalue weighted by Gasteiger charge is 2.05. The van der Waals surface area contributed by atoms with Gasteiger partial charge in [0.2, 0.25) is 0 Å². The highest BCUT2D eigenvalue weighted by molar-refractivity contribution is 6.33. The molecule has 0 aliphatic heterocycles. The van der Waals surface area contributed by atoms with Crippen LogP contribution in [0.25, 0.3) is 11.1 Å². The number of aliphatic hydroxyl groups excluding tert-OH is 1.